The summed E-state index contributed by atoms with van der Waals surface area (Å²) >= 11 is 0. The Bertz CT molecular complexity index is 1150. The van der Waals surface area contributed by atoms with Gasteiger partial charge in [-0.2, -0.15) is 0 Å². The van der Waals surface area contributed by atoms with E-state index < -0.39 is 35.4 Å². The number of ketones is 1. The predicted octanol–water partition coefficient (Wildman–Crippen LogP) is 5.32. The number of aliphatic carboxylic acids is 1. The third-order valence-corrected chi connectivity index (χ3v) is 7.80. The zero-order chi connectivity index (χ0) is 32.2. The predicted molar refractivity (Wildman–Crippen MR) is 168 cm³/mol. The molecule has 3 atom stereocenters. The van der Waals surface area contributed by atoms with Gasteiger partial charge >= 0.3 is 11.9 Å². The Morgan fingerprint density at radius 1 is 1.05 bits per heavy atom. The number of unbranched alkanes of at least 4 members (excludes halogenated alkanes) is 8. The number of nitrogens with one attached hydrogen (secondary N) is 1. The van der Waals surface area contributed by atoms with Crippen LogP contribution in [0, 0.1) is 17.8 Å². The van der Waals surface area contributed by atoms with Crippen molar-refractivity contribution in [3.05, 3.63) is 42.0 Å². The number of hydrogen-bond acceptors (Lipinski definition) is 7. The molecule has 0 aromatic heterocycles. The van der Waals surface area contributed by atoms with Gasteiger partial charge in [-0.05, 0) is 50.3 Å². The topological polar surface area (TPSA) is 139 Å². The van der Waals surface area contributed by atoms with Crippen LogP contribution >= 0.6 is 0 Å². The molecule has 0 bridgehead atoms. The van der Waals surface area contributed by atoms with Gasteiger partial charge in [0.2, 0.25) is 5.91 Å². The molecule has 0 spiro atoms. The van der Waals surface area contributed by atoms with E-state index in [-0.39, 0.29) is 26.1 Å². The molecule has 9 nitrogen and oxygen atoms in total. The SMILES string of the molecule is CC#CCOc1ccc(C[C@H](NC(=O)[C@@H](C=CCCCCCCC(=O)CCCCCCC)[C@@]2(O)CCOC2=O)C(=O)O)cc1. The van der Waals surface area contributed by atoms with E-state index in [0.29, 0.717) is 36.4 Å². The minimum Gasteiger partial charge on any atom is -0.481 e. The maximum absolute atomic E-state index is 13.3. The lowest BCUT2D eigenvalue weighted by Crippen LogP contribution is -2.53. The van der Waals surface area contributed by atoms with Crippen LogP contribution in [0.2, 0.25) is 0 Å². The number of carbonyl (C=O) groups is 4. The molecule has 2 rings (SSSR count). The van der Waals surface area contributed by atoms with Crippen molar-refractivity contribution >= 4 is 23.6 Å². The van der Waals surface area contributed by atoms with Crippen LogP contribution in [0.5, 0.6) is 5.75 Å². The first-order valence-corrected chi connectivity index (χ1v) is 15.9. The maximum Gasteiger partial charge on any atom is 0.339 e. The Morgan fingerprint density at radius 3 is 2.30 bits per heavy atom. The number of carboxylic acids is 1. The summed E-state index contributed by atoms with van der Waals surface area (Å²) in [5.41, 5.74) is -1.41. The summed E-state index contributed by atoms with van der Waals surface area (Å²) in [5, 5.41) is 23.4. The van der Waals surface area contributed by atoms with Gasteiger partial charge in [-0.1, -0.05) is 75.7 Å². The minimum absolute atomic E-state index is 0.00319. The van der Waals surface area contributed by atoms with E-state index in [1.54, 1.807) is 37.3 Å². The highest BCUT2D eigenvalue weighted by molar-refractivity contribution is 5.93. The molecule has 1 aromatic carbocycles. The number of amides is 1. The molecule has 44 heavy (non-hydrogen) atoms. The molecule has 242 valence electrons. The Hall–Kier alpha value is -3.64. The fourth-order valence-corrected chi connectivity index (χ4v) is 5.10. The Balaban J connectivity index is 1.89. The second-order valence-electron chi connectivity index (χ2n) is 11.3. The molecule has 3 N–H and O–H groups in total. The summed E-state index contributed by atoms with van der Waals surface area (Å²) in [5.74, 6) is 2.25. The van der Waals surface area contributed by atoms with Gasteiger partial charge in [-0.15, -0.1) is 5.92 Å². The number of aliphatic hydroxyl groups is 1. The monoisotopic (exact) mass is 611 g/mol. The summed E-state index contributed by atoms with van der Waals surface area (Å²) in [4.78, 5) is 49.8. The van der Waals surface area contributed by atoms with E-state index in [2.05, 4.69) is 24.1 Å². The molecule has 1 amide bonds. The Labute approximate surface area is 261 Å². The largest absolute Gasteiger partial charge is 0.481 e. The first-order valence-electron chi connectivity index (χ1n) is 15.9. The highest BCUT2D eigenvalue weighted by Crippen LogP contribution is 2.30. The molecule has 1 aliphatic heterocycles. The highest BCUT2D eigenvalue weighted by Gasteiger charge is 2.51. The lowest BCUT2D eigenvalue weighted by Gasteiger charge is -2.27. The molecule has 1 aliphatic rings. The summed E-state index contributed by atoms with van der Waals surface area (Å²) < 4.78 is 10.4. The van der Waals surface area contributed by atoms with Crippen LogP contribution < -0.4 is 10.1 Å². The van der Waals surface area contributed by atoms with Crippen LogP contribution in [-0.4, -0.2) is 58.7 Å². The van der Waals surface area contributed by atoms with E-state index in [1.165, 1.54) is 25.3 Å². The smallest absolute Gasteiger partial charge is 0.339 e. The minimum atomic E-state index is -2.07. The summed E-state index contributed by atoms with van der Waals surface area (Å²) in [6.07, 6.45) is 14.3. The van der Waals surface area contributed by atoms with Gasteiger partial charge in [0.15, 0.2) is 5.60 Å². The summed E-state index contributed by atoms with van der Waals surface area (Å²) in [6, 6.07) is 5.53. The van der Waals surface area contributed by atoms with Crippen molar-refractivity contribution < 1.29 is 38.9 Å². The van der Waals surface area contributed by atoms with E-state index >= 15 is 0 Å². The molecule has 0 saturated carbocycles. The third-order valence-electron chi connectivity index (χ3n) is 7.80. The van der Waals surface area contributed by atoms with Gasteiger partial charge < -0.3 is 25.0 Å². The van der Waals surface area contributed by atoms with Crippen molar-refractivity contribution in [1.29, 1.82) is 0 Å². The zero-order valence-electron chi connectivity index (χ0n) is 26.3. The molecule has 1 saturated heterocycles. The van der Waals surface area contributed by atoms with Crippen LogP contribution in [0.3, 0.4) is 0 Å². The lowest BCUT2D eigenvalue weighted by atomic mass is 9.84. The number of carboxylic acid groups (broad SMARTS) is 1. The lowest BCUT2D eigenvalue weighted by molar-refractivity contribution is -0.160. The van der Waals surface area contributed by atoms with Crippen LogP contribution in [0.15, 0.2) is 36.4 Å². The summed E-state index contributed by atoms with van der Waals surface area (Å²) in [6.45, 7) is 4.11. The summed E-state index contributed by atoms with van der Waals surface area (Å²) in [7, 11) is 0. The molecular formula is C35H49NO8. The second kappa shape index (κ2) is 20.3. The first-order chi connectivity index (χ1) is 21.2. The number of hydrogen-bond donors (Lipinski definition) is 3. The van der Waals surface area contributed by atoms with Gasteiger partial charge in [-0.25, -0.2) is 9.59 Å². The number of ether oxygens (including phenoxy) is 2. The standard InChI is InChI=1S/C35H49NO8/c1-3-5-7-10-13-16-28(37)17-14-11-8-9-12-15-18-30(35(42)23-25-44-34(35)41)32(38)36-31(33(39)40)26-27-19-21-29(22-20-27)43-24-6-4-2/h15,18-22,30-31,42H,3,5,7-14,16-17,23-26H2,1-2H3,(H,36,38)(H,39,40)/t30-,31+,35+/m1/s1. The van der Waals surface area contributed by atoms with E-state index in [4.69, 9.17) is 9.47 Å². The molecule has 0 aliphatic carbocycles. The number of Topliss-reactive ketones (excluding diaryl/α,β-unsaturated/α-hetero) is 1. The van der Waals surface area contributed by atoms with E-state index in [0.717, 1.165) is 38.5 Å². The average Bonchev–Trinajstić information content (AvgIpc) is 3.34. The number of allylic oxidation sites excluding steroid dienone is 1. The fraction of sp³-hybridized carbons (Fsp3) is 0.600. The second-order valence-corrected chi connectivity index (χ2v) is 11.3. The van der Waals surface area contributed by atoms with Gasteiger partial charge in [0, 0.05) is 25.7 Å². The number of carbonyl (C=O) groups excluding carboxylic acids is 3. The maximum atomic E-state index is 13.3. The highest BCUT2D eigenvalue weighted by atomic mass is 16.6. The zero-order valence-corrected chi connectivity index (χ0v) is 26.3. The Morgan fingerprint density at radius 2 is 1.70 bits per heavy atom. The van der Waals surface area contributed by atoms with Crippen molar-refractivity contribution in [2.24, 2.45) is 5.92 Å². The normalized spacial score (nSPS) is 17.4. The molecule has 9 heteroatoms. The number of esters is 1. The van der Waals surface area contributed by atoms with Crippen molar-refractivity contribution in [3.8, 4) is 17.6 Å². The molecule has 0 unspecified atom stereocenters. The molecule has 1 aromatic rings. The Kier molecular flexibility index (Phi) is 16.9. The molecule has 0 radical (unpaired) electrons. The number of benzene rings is 1. The average molecular weight is 612 g/mol. The molecule has 1 heterocycles. The van der Waals surface area contributed by atoms with Crippen molar-refractivity contribution in [2.45, 2.75) is 115 Å². The van der Waals surface area contributed by atoms with E-state index in [1.807, 2.05) is 0 Å². The van der Waals surface area contributed by atoms with Gasteiger partial charge in [0.25, 0.3) is 0 Å². The molecular weight excluding hydrogens is 562 g/mol. The van der Waals surface area contributed by atoms with Crippen molar-refractivity contribution in [2.75, 3.05) is 13.2 Å². The van der Waals surface area contributed by atoms with Crippen LogP contribution in [0.1, 0.15) is 103 Å². The fourth-order valence-electron chi connectivity index (χ4n) is 5.10. The number of rotatable bonds is 22. The van der Waals surface area contributed by atoms with Crippen molar-refractivity contribution in [3.63, 3.8) is 0 Å². The van der Waals surface area contributed by atoms with Gasteiger partial charge in [-0.3, -0.25) is 9.59 Å². The first kappa shape index (κ1) is 36.6. The van der Waals surface area contributed by atoms with Crippen LogP contribution in [0.4, 0.5) is 0 Å². The van der Waals surface area contributed by atoms with Gasteiger partial charge in [0.05, 0.1) is 12.5 Å². The van der Waals surface area contributed by atoms with Crippen LogP contribution in [0.25, 0.3) is 0 Å². The number of cyclic esters (lactones) is 1. The quantitative estimate of drug-likeness (QED) is 0.0693. The van der Waals surface area contributed by atoms with Gasteiger partial charge in [0.1, 0.15) is 24.2 Å². The van der Waals surface area contributed by atoms with Crippen LogP contribution in [-0.2, 0) is 30.3 Å². The molecule has 1 fully saturated rings. The van der Waals surface area contributed by atoms with E-state index in [9.17, 15) is 29.4 Å². The van der Waals surface area contributed by atoms with Crippen molar-refractivity contribution in [1.82, 2.24) is 5.32 Å². The third kappa shape index (κ3) is 12.9.